The smallest absolute Gasteiger partial charge is 0.287 e. The van der Waals surface area contributed by atoms with Crippen molar-refractivity contribution in [3.63, 3.8) is 0 Å². The Kier molecular flexibility index (Phi) is 4.60. The maximum atomic E-state index is 12.6. The van der Waals surface area contributed by atoms with Crippen LogP contribution in [0.1, 0.15) is 16.1 Å². The minimum atomic E-state index is -0.111. The molecule has 0 atom stereocenters. The van der Waals surface area contributed by atoms with Crippen molar-refractivity contribution >= 4 is 40.0 Å². The molecule has 1 aliphatic heterocycles. The van der Waals surface area contributed by atoms with Crippen molar-refractivity contribution < 1.29 is 9.21 Å². The molecule has 1 fully saturated rings. The Hall–Kier alpha value is -1.76. The van der Waals surface area contributed by atoms with Crippen LogP contribution in [0.25, 0.3) is 11.0 Å². The largest absolute Gasteiger partial charge is 0.451 e. The fourth-order valence-electron chi connectivity index (χ4n) is 2.72. The van der Waals surface area contributed by atoms with Gasteiger partial charge in [0.15, 0.2) is 5.76 Å². The first-order valence-corrected chi connectivity index (χ1v) is 9.83. The molecule has 24 heavy (non-hydrogen) atoms. The van der Waals surface area contributed by atoms with Crippen LogP contribution >= 0.6 is 23.1 Å². The Morgan fingerprint density at radius 2 is 2.17 bits per heavy atom. The molecule has 0 aliphatic carbocycles. The molecular weight excluding hydrogens is 340 g/mol. The van der Waals surface area contributed by atoms with Crippen molar-refractivity contribution in [2.24, 2.45) is 5.92 Å². The van der Waals surface area contributed by atoms with Crippen LogP contribution in [0.2, 0.25) is 0 Å². The summed E-state index contributed by atoms with van der Waals surface area (Å²) in [7, 11) is 0. The van der Waals surface area contributed by atoms with E-state index in [0.29, 0.717) is 18.2 Å². The quantitative estimate of drug-likeness (QED) is 0.659. The zero-order chi connectivity index (χ0) is 16.4. The molecule has 0 saturated carbocycles. The van der Waals surface area contributed by atoms with E-state index >= 15 is 0 Å². The highest BCUT2D eigenvalue weighted by Crippen LogP contribution is 2.33. The number of thiophene rings is 1. The van der Waals surface area contributed by atoms with Gasteiger partial charge in [-0.2, -0.15) is 0 Å². The van der Waals surface area contributed by atoms with Gasteiger partial charge in [-0.25, -0.2) is 0 Å². The number of hydrogen-bond acceptors (Lipinski definition) is 5. The summed E-state index contributed by atoms with van der Waals surface area (Å²) in [6.45, 7) is 2.64. The second-order valence-electron chi connectivity index (χ2n) is 5.86. The van der Waals surface area contributed by atoms with E-state index in [1.54, 1.807) is 23.1 Å². The lowest BCUT2D eigenvalue weighted by molar-refractivity contribution is 0.0915. The van der Waals surface area contributed by atoms with Crippen LogP contribution in [0.3, 0.4) is 0 Å². The topological polar surface area (TPSA) is 54.3 Å². The first-order chi connectivity index (χ1) is 11.8. The molecule has 3 heterocycles. The summed E-state index contributed by atoms with van der Waals surface area (Å²) < 4.78 is 7.12. The molecule has 1 saturated heterocycles. The number of carbonyl (C=O) groups excluding carboxylic acids is 1. The monoisotopic (exact) mass is 358 g/mol. The number of para-hydroxylation sites is 1. The number of benzene rings is 1. The Morgan fingerprint density at radius 1 is 1.29 bits per heavy atom. The molecule has 1 amide bonds. The van der Waals surface area contributed by atoms with Crippen LogP contribution in [-0.2, 0) is 5.75 Å². The van der Waals surface area contributed by atoms with Gasteiger partial charge in [-0.3, -0.25) is 4.79 Å². The highest BCUT2D eigenvalue weighted by Gasteiger charge is 2.23. The van der Waals surface area contributed by atoms with Crippen molar-refractivity contribution in [2.45, 2.75) is 9.96 Å². The molecule has 2 N–H and O–H groups in total. The molecule has 1 aliphatic rings. The molecule has 1 aromatic carbocycles. The van der Waals surface area contributed by atoms with Gasteiger partial charge in [0.05, 0.1) is 4.21 Å². The van der Waals surface area contributed by atoms with Gasteiger partial charge in [-0.1, -0.05) is 24.3 Å². The van der Waals surface area contributed by atoms with Crippen molar-refractivity contribution in [2.75, 3.05) is 19.6 Å². The SMILES string of the molecule is O=C(NCC1CNC1)c1oc2ccccc2c1CSc1cccs1. The van der Waals surface area contributed by atoms with Gasteiger partial charge in [0.2, 0.25) is 0 Å². The maximum absolute atomic E-state index is 12.6. The number of nitrogens with one attached hydrogen (secondary N) is 2. The number of carbonyl (C=O) groups is 1. The zero-order valence-electron chi connectivity index (χ0n) is 13.1. The Balaban J connectivity index is 1.57. The molecule has 2 aromatic heterocycles. The number of fused-ring (bicyclic) bond motifs is 1. The average molecular weight is 358 g/mol. The van der Waals surface area contributed by atoms with E-state index < -0.39 is 0 Å². The molecule has 0 radical (unpaired) electrons. The number of thioether (sulfide) groups is 1. The second-order valence-corrected chi connectivity index (χ2v) is 8.08. The van der Waals surface area contributed by atoms with Gasteiger partial charge in [-0.05, 0) is 17.5 Å². The van der Waals surface area contributed by atoms with Crippen molar-refractivity contribution in [3.05, 3.63) is 53.1 Å². The fraction of sp³-hybridized carbons (Fsp3) is 0.278. The number of hydrogen-bond donors (Lipinski definition) is 2. The van der Waals surface area contributed by atoms with E-state index in [-0.39, 0.29) is 5.91 Å². The molecule has 0 unspecified atom stereocenters. The van der Waals surface area contributed by atoms with E-state index in [9.17, 15) is 4.79 Å². The van der Waals surface area contributed by atoms with Crippen LogP contribution < -0.4 is 10.6 Å². The summed E-state index contributed by atoms with van der Waals surface area (Å²) in [5, 5.41) is 9.32. The van der Waals surface area contributed by atoms with Gasteiger partial charge < -0.3 is 15.1 Å². The van der Waals surface area contributed by atoms with E-state index in [2.05, 4.69) is 22.1 Å². The Bertz CT molecular complexity index is 838. The minimum absolute atomic E-state index is 0.111. The average Bonchev–Trinajstić information content (AvgIpc) is 3.18. The van der Waals surface area contributed by atoms with E-state index in [0.717, 1.165) is 35.4 Å². The molecule has 6 heteroatoms. The lowest BCUT2D eigenvalue weighted by atomic mass is 10.0. The van der Waals surface area contributed by atoms with Crippen molar-refractivity contribution in [1.82, 2.24) is 10.6 Å². The first kappa shape index (κ1) is 15.7. The normalized spacial score (nSPS) is 14.7. The summed E-state index contributed by atoms with van der Waals surface area (Å²) in [5.74, 6) is 1.60. The lowest BCUT2D eigenvalue weighted by Gasteiger charge is -2.26. The van der Waals surface area contributed by atoms with Crippen LogP contribution in [-0.4, -0.2) is 25.5 Å². The maximum Gasteiger partial charge on any atom is 0.287 e. The molecule has 0 spiro atoms. The van der Waals surface area contributed by atoms with Crippen LogP contribution in [0, 0.1) is 5.92 Å². The molecule has 3 aromatic rings. The van der Waals surface area contributed by atoms with Gasteiger partial charge in [0, 0.05) is 42.3 Å². The van der Waals surface area contributed by atoms with Gasteiger partial charge in [-0.15, -0.1) is 23.1 Å². The number of amides is 1. The fourth-order valence-corrected chi connectivity index (χ4v) is 4.54. The molecule has 4 rings (SSSR count). The molecule has 4 nitrogen and oxygen atoms in total. The third-order valence-corrected chi connectivity index (χ3v) is 6.33. The highest BCUT2D eigenvalue weighted by molar-refractivity contribution is 8.00. The summed E-state index contributed by atoms with van der Waals surface area (Å²) >= 11 is 3.45. The van der Waals surface area contributed by atoms with E-state index in [1.807, 2.05) is 30.3 Å². The van der Waals surface area contributed by atoms with E-state index in [1.165, 1.54) is 4.21 Å². The van der Waals surface area contributed by atoms with Gasteiger partial charge in [0.1, 0.15) is 5.58 Å². The van der Waals surface area contributed by atoms with Crippen LogP contribution in [0.5, 0.6) is 0 Å². The predicted molar refractivity (Wildman–Crippen MR) is 98.8 cm³/mol. The molecule has 124 valence electrons. The number of furan rings is 1. The third-order valence-electron chi connectivity index (χ3n) is 4.18. The first-order valence-electron chi connectivity index (χ1n) is 7.97. The lowest BCUT2D eigenvalue weighted by Crippen LogP contribution is -2.48. The number of rotatable bonds is 6. The minimum Gasteiger partial charge on any atom is -0.451 e. The van der Waals surface area contributed by atoms with Crippen molar-refractivity contribution in [1.29, 1.82) is 0 Å². The van der Waals surface area contributed by atoms with Crippen LogP contribution in [0.4, 0.5) is 0 Å². The Morgan fingerprint density at radius 3 is 2.92 bits per heavy atom. The second kappa shape index (κ2) is 7.01. The van der Waals surface area contributed by atoms with Gasteiger partial charge >= 0.3 is 0 Å². The summed E-state index contributed by atoms with van der Waals surface area (Å²) in [6, 6.07) is 12.0. The standard InChI is InChI=1S/C18H18N2O2S2/c21-18(20-10-12-8-19-9-12)17-14(11-24-16-6-3-7-23-16)13-4-1-2-5-15(13)22-17/h1-7,12,19H,8-11H2,(H,20,21). The predicted octanol–water partition coefficient (Wildman–Crippen LogP) is 3.74. The van der Waals surface area contributed by atoms with Crippen molar-refractivity contribution in [3.8, 4) is 0 Å². The highest BCUT2D eigenvalue weighted by atomic mass is 32.2. The molecule has 0 bridgehead atoms. The summed E-state index contributed by atoms with van der Waals surface area (Å²) in [4.78, 5) is 12.6. The van der Waals surface area contributed by atoms with Gasteiger partial charge in [0.25, 0.3) is 5.91 Å². The molecular formula is C18H18N2O2S2. The summed E-state index contributed by atoms with van der Waals surface area (Å²) in [6.07, 6.45) is 0. The Labute approximate surface area is 148 Å². The van der Waals surface area contributed by atoms with E-state index in [4.69, 9.17) is 4.42 Å². The third kappa shape index (κ3) is 3.22. The summed E-state index contributed by atoms with van der Waals surface area (Å²) in [5.41, 5.74) is 1.75. The van der Waals surface area contributed by atoms with Crippen LogP contribution in [0.15, 0.2) is 50.4 Å². The zero-order valence-corrected chi connectivity index (χ0v) is 14.7.